The van der Waals surface area contributed by atoms with Crippen LogP contribution in [-0.4, -0.2) is 12.9 Å². The molecular weight excluding hydrogens is 238 g/mol. The van der Waals surface area contributed by atoms with Crippen LogP contribution in [0.15, 0.2) is 42.5 Å². The molecule has 2 N–H and O–H groups in total. The smallest absolute Gasteiger partial charge is 0.196 e. The Hall–Kier alpha value is -2.29. The monoisotopic (exact) mass is 255 g/mol. The Morgan fingerprint density at radius 2 is 1.84 bits per heavy atom. The van der Waals surface area contributed by atoms with Crippen molar-refractivity contribution in [2.75, 3.05) is 12.8 Å². The lowest BCUT2D eigenvalue weighted by Crippen LogP contribution is -2.06. The highest BCUT2D eigenvalue weighted by Crippen LogP contribution is 2.28. The number of methoxy groups -OCH3 is 1. The fourth-order valence-electron chi connectivity index (χ4n) is 2.01. The number of rotatable bonds is 4. The Morgan fingerprint density at radius 1 is 1.16 bits per heavy atom. The molecule has 0 atom stereocenters. The van der Waals surface area contributed by atoms with Crippen LogP contribution in [0.1, 0.15) is 28.4 Å². The van der Waals surface area contributed by atoms with Crippen molar-refractivity contribution in [2.45, 2.75) is 13.3 Å². The first-order valence-corrected chi connectivity index (χ1v) is 6.23. The van der Waals surface area contributed by atoms with Crippen molar-refractivity contribution < 1.29 is 9.53 Å². The van der Waals surface area contributed by atoms with Gasteiger partial charge >= 0.3 is 0 Å². The number of hydrogen-bond donors (Lipinski definition) is 1. The van der Waals surface area contributed by atoms with Crippen LogP contribution in [0.5, 0.6) is 5.75 Å². The summed E-state index contributed by atoms with van der Waals surface area (Å²) in [5, 5.41) is 0. The highest BCUT2D eigenvalue weighted by atomic mass is 16.5. The van der Waals surface area contributed by atoms with Gasteiger partial charge in [0, 0.05) is 5.56 Å². The number of para-hydroxylation sites is 1. The van der Waals surface area contributed by atoms with Gasteiger partial charge in [-0.15, -0.1) is 0 Å². The second kappa shape index (κ2) is 5.57. The number of aryl methyl sites for hydroxylation is 1. The first-order chi connectivity index (χ1) is 9.17. The molecular formula is C16H17NO2. The van der Waals surface area contributed by atoms with Gasteiger partial charge in [0.1, 0.15) is 0 Å². The van der Waals surface area contributed by atoms with E-state index in [-0.39, 0.29) is 5.78 Å². The number of carbonyl (C=O) groups is 1. The first kappa shape index (κ1) is 13.1. The summed E-state index contributed by atoms with van der Waals surface area (Å²) >= 11 is 0. The minimum Gasteiger partial charge on any atom is -0.494 e. The lowest BCUT2D eigenvalue weighted by atomic mass is 10.00. The average Bonchev–Trinajstić information content (AvgIpc) is 2.46. The molecule has 0 amide bonds. The van der Waals surface area contributed by atoms with E-state index in [2.05, 4.69) is 6.92 Å². The third kappa shape index (κ3) is 2.60. The summed E-state index contributed by atoms with van der Waals surface area (Å²) in [6.45, 7) is 2.08. The number of benzene rings is 2. The molecule has 98 valence electrons. The van der Waals surface area contributed by atoms with Crippen molar-refractivity contribution in [3.63, 3.8) is 0 Å². The van der Waals surface area contributed by atoms with E-state index in [1.165, 1.54) is 12.7 Å². The molecule has 0 fully saturated rings. The molecule has 3 nitrogen and oxygen atoms in total. The summed E-state index contributed by atoms with van der Waals surface area (Å²) < 4.78 is 5.22. The normalized spacial score (nSPS) is 10.2. The molecule has 3 heteroatoms. The van der Waals surface area contributed by atoms with E-state index in [1.807, 2.05) is 24.3 Å². The lowest BCUT2D eigenvalue weighted by molar-refractivity contribution is 0.103. The molecule has 2 aromatic rings. The molecule has 2 rings (SSSR count). The standard InChI is InChI=1S/C16H17NO2/c1-3-11-7-9-12(10-8-11)15(18)13-5-4-6-14(17)16(13)19-2/h4-10H,3,17H2,1-2H3. The fraction of sp³-hybridized carbons (Fsp3) is 0.188. The van der Waals surface area contributed by atoms with E-state index < -0.39 is 0 Å². The topological polar surface area (TPSA) is 52.3 Å². The van der Waals surface area contributed by atoms with Crippen LogP contribution in [0.3, 0.4) is 0 Å². The predicted octanol–water partition coefficient (Wildman–Crippen LogP) is 3.07. The van der Waals surface area contributed by atoms with Crippen molar-refractivity contribution in [3.05, 3.63) is 59.2 Å². The summed E-state index contributed by atoms with van der Waals surface area (Å²) in [6.07, 6.45) is 0.954. The molecule has 0 aliphatic rings. The van der Waals surface area contributed by atoms with Crippen LogP contribution in [0.25, 0.3) is 0 Å². The zero-order chi connectivity index (χ0) is 13.8. The van der Waals surface area contributed by atoms with Gasteiger partial charge in [0.05, 0.1) is 18.4 Å². The number of nitrogens with two attached hydrogens (primary N) is 1. The number of ketones is 1. The van der Waals surface area contributed by atoms with E-state index in [4.69, 9.17) is 10.5 Å². The molecule has 0 unspecified atom stereocenters. The molecule has 2 aromatic carbocycles. The third-order valence-corrected chi connectivity index (χ3v) is 3.12. The molecule has 0 aliphatic carbocycles. The number of hydrogen-bond acceptors (Lipinski definition) is 3. The summed E-state index contributed by atoms with van der Waals surface area (Å²) in [7, 11) is 1.52. The highest BCUT2D eigenvalue weighted by molar-refractivity contribution is 6.11. The Balaban J connectivity index is 2.41. The maximum atomic E-state index is 12.4. The molecule has 0 saturated carbocycles. The van der Waals surface area contributed by atoms with Gasteiger partial charge < -0.3 is 10.5 Å². The maximum absolute atomic E-state index is 12.4. The fourth-order valence-corrected chi connectivity index (χ4v) is 2.01. The molecule has 0 radical (unpaired) electrons. The van der Waals surface area contributed by atoms with E-state index in [9.17, 15) is 4.79 Å². The number of carbonyl (C=O) groups excluding carboxylic acids is 1. The van der Waals surface area contributed by atoms with E-state index in [1.54, 1.807) is 18.2 Å². The van der Waals surface area contributed by atoms with Gasteiger partial charge in [-0.25, -0.2) is 0 Å². The number of anilines is 1. The third-order valence-electron chi connectivity index (χ3n) is 3.12. The quantitative estimate of drug-likeness (QED) is 0.674. The number of ether oxygens (including phenoxy) is 1. The minimum absolute atomic E-state index is 0.0770. The second-order valence-electron chi connectivity index (χ2n) is 4.31. The summed E-state index contributed by atoms with van der Waals surface area (Å²) in [6, 6.07) is 12.8. The zero-order valence-corrected chi connectivity index (χ0v) is 11.1. The van der Waals surface area contributed by atoms with E-state index in [0.717, 1.165) is 6.42 Å². The highest BCUT2D eigenvalue weighted by Gasteiger charge is 2.15. The molecule has 0 saturated heterocycles. The van der Waals surface area contributed by atoms with E-state index >= 15 is 0 Å². The van der Waals surface area contributed by atoms with Crippen LogP contribution in [0, 0.1) is 0 Å². The van der Waals surface area contributed by atoms with Crippen LogP contribution < -0.4 is 10.5 Å². The second-order valence-corrected chi connectivity index (χ2v) is 4.31. The van der Waals surface area contributed by atoms with Gasteiger partial charge in [0.2, 0.25) is 0 Å². The van der Waals surface area contributed by atoms with Gasteiger partial charge in [0.15, 0.2) is 11.5 Å². The SMILES string of the molecule is CCc1ccc(C(=O)c2cccc(N)c2OC)cc1. The van der Waals surface area contributed by atoms with Crippen molar-refractivity contribution >= 4 is 11.5 Å². The van der Waals surface area contributed by atoms with Crippen LogP contribution >= 0.6 is 0 Å². The molecule has 0 aromatic heterocycles. The maximum Gasteiger partial charge on any atom is 0.196 e. The molecule has 0 heterocycles. The van der Waals surface area contributed by atoms with Gasteiger partial charge in [-0.1, -0.05) is 37.3 Å². The largest absolute Gasteiger partial charge is 0.494 e. The lowest BCUT2D eigenvalue weighted by Gasteiger charge is -2.10. The summed E-state index contributed by atoms with van der Waals surface area (Å²) in [4.78, 5) is 12.4. The van der Waals surface area contributed by atoms with Gasteiger partial charge in [-0.05, 0) is 24.1 Å². The summed E-state index contributed by atoms with van der Waals surface area (Å²) in [5.74, 6) is 0.360. The first-order valence-electron chi connectivity index (χ1n) is 6.23. The van der Waals surface area contributed by atoms with Gasteiger partial charge in [0.25, 0.3) is 0 Å². The van der Waals surface area contributed by atoms with Crippen LogP contribution in [0.2, 0.25) is 0 Å². The Bertz CT molecular complexity index is 588. The average molecular weight is 255 g/mol. The Morgan fingerprint density at radius 3 is 2.42 bits per heavy atom. The molecule has 0 spiro atoms. The molecule has 0 bridgehead atoms. The van der Waals surface area contributed by atoms with Crippen LogP contribution in [-0.2, 0) is 6.42 Å². The van der Waals surface area contributed by atoms with Crippen molar-refractivity contribution in [1.29, 1.82) is 0 Å². The number of nitrogen functional groups attached to an aromatic ring is 1. The van der Waals surface area contributed by atoms with Crippen molar-refractivity contribution in [2.24, 2.45) is 0 Å². The predicted molar refractivity (Wildman–Crippen MR) is 76.7 cm³/mol. The van der Waals surface area contributed by atoms with Crippen molar-refractivity contribution in [3.8, 4) is 5.75 Å². The van der Waals surface area contributed by atoms with Crippen molar-refractivity contribution in [1.82, 2.24) is 0 Å². The van der Waals surface area contributed by atoms with Crippen LogP contribution in [0.4, 0.5) is 5.69 Å². The van der Waals surface area contributed by atoms with E-state index in [0.29, 0.717) is 22.6 Å². The zero-order valence-electron chi connectivity index (χ0n) is 11.1. The Kier molecular flexibility index (Phi) is 3.85. The molecule has 0 aliphatic heterocycles. The van der Waals surface area contributed by atoms with Gasteiger partial charge in [-0.3, -0.25) is 4.79 Å². The summed E-state index contributed by atoms with van der Waals surface area (Å²) in [5.41, 5.74) is 8.62. The van der Waals surface area contributed by atoms with Gasteiger partial charge in [-0.2, -0.15) is 0 Å². The molecule has 19 heavy (non-hydrogen) atoms. The Labute approximate surface area is 113 Å². The minimum atomic E-state index is -0.0770.